The van der Waals surface area contributed by atoms with Gasteiger partial charge >= 0.3 is 5.30 Å². The molecule has 0 saturated carbocycles. The number of aliphatic hydroxyl groups is 2. The molecular weight excluding hydrogens is 342 g/mol. The van der Waals surface area contributed by atoms with Gasteiger partial charge in [-0.2, -0.15) is 0 Å². The summed E-state index contributed by atoms with van der Waals surface area (Å²) in [6.07, 6.45) is -0.503. The molecule has 2 N–H and O–H groups in total. The molecule has 0 saturated heterocycles. The first kappa shape index (κ1) is 20.9. The average molecular weight is 365 g/mol. The predicted octanol–water partition coefficient (Wildman–Crippen LogP) is 0.245. The van der Waals surface area contributed by atoms with Gasteiger partial charge < -0.3 is 19.4 Å². The zero-order chi connectivity index (χ0) is 16.5. The van der Waals surface area contributed by atoms with Crippen molar-refractivity contribution in [2.45, 2.75) is 12.5 Å². The molecule has 0 amide bonds. The highest BCUT2D eigenvalue weighted by atomic mass is 35.7. The third-order valence-corrected chi connectivity index (χ3v) is 4.82. The molecule has 0 rings (SSSR count). The maximum absolute atomic E-state index is 11.3. The van der Waals surface area contributed by atoms with Gasteiger partial charge in [0.2, 0.25) is 9.05 Å². The molecule has 0 aromatic carbocycles. The van der Waals surface area contributed by atoms with Gasteiger partial charge in [0.05, 0.1) is 39.1 Å². The summed E-state index contributed by atoms with van der Waals surface area (Å²) in [4.78, 5) is 11.3. The summed E-state index contributed by atoms with van der Waals surface area (Å²) in [5.74, 6) is 0.00604. The van der Waals surface area contributed by atoms with Crippen molar-refractivity contribution in [3.63, 3.8) is 0 Å². The van der Waals surface area contributed by atoms with Crippen LogP contribution in [-0.2, 0) is 13.8 Å². The van der Waals surface area contributed by atoms with Crippen LogP contribution in [0.3, 0.4) is 0 Å². The number of carbonyl (C=O) groups is 1. The monoisotopic (exact) mass is 364 g/mol. The highest BCUT2D eigenvalue weighted by molar-refractivity contribution is 8.13. The number of quaternary nitrogens is 1. The topological polar surface area (TPSA) is 101 Å². The van der Waals surface area contributed by atoms with Crippen LogP contribution in [0.15, 0.2) is 0 Å². The molecule has 1 atom stereocenters. The normalized spacial score (nSPS) is 14.0. The molecule has 0 heterocycles. The van der Waals surface area contributed by atoms with E-state index < -0.39 is 27.1 Å². The Labute approximate surface area is 134 Å². The predicted molar refractivity (Wildman–Crippen MR) is 83.0 cm³/mol. The molecule has 7 nitrogen and oxygen atoms in total. The van der Waals surface area contributed by atoms with Crippen molar-refractivity contribution in [2.24, 2.45) is 0 Å². The number of likely N-dealkylation sites (N-methyl/N-ethyl adjacent to an activating group) is 1. The summed E-state index contributed by atoms with van der Waals surface area (Å²) in [5, 5.41) is 17.2. The van der Waals surface area contributed by atoms with E-state index in [1.165, 1.54) is 0 Å². The Hall–Kier alpha value is -0.0600. The van der Waals surface area contributed by atoms with Gasteiger partial charge in [-0.1, -0.05) is 0 Å². The number of rotatable bonds is 10. The second kappa shape index (κ2) is 9.86. The van der Waals surface area contributed by atoms with Crippen LogP contribution in [0.4, 0.5) is 4.79 Å². The lowest BCUT2D eigenvalue weighted by Gasteiger charge is -2.29. The van der Waals surface area contributed by atoms with Crippen molar-refractivity contribution < 1.29 is 32.6 Å². The van der Waals surface area contributed by atoms with Crippen molar-refractivity contribution in [2.75, 3.05) is 51.9 Å². The molecule has 0 bridgehead atoms. The first-order chi connectivity index (χ1) is 9.56. The lowest BCUT2D eigenvalue weighted by atomic mass is 10.4. The van der Waals surface area contributed by atoms with E-state index in [0.29, 0.717) is 24.0 Å². The van der Waals surface area contributed by atoms with Crippen LogP contribution in [0.1, 0.15) is 6.42 Å². The van der Waals surface area contributed by atoms with E-state index in [1.807, 2.05) is 14.1 Å². The van der Waals surface area contributed by atoms with Crippen LogP contribution >= 0.6 is 22.4 Å². The van der Waals surface area contributed by atoms with E-state index >= 15 is 0 Å². The summed E-state index contributed by atoms with van der Waals surface area (Å²) in [7, 11) is 5.47. The molecule has 126 valence electrons. The molecule has 0 fully saturated rings. The van der Waals surface area contributed by atoms with Gasteiger partial charge in [-0.3, -0.25) is 0 Å². The van der Waals surface area contributed by atoms with E-state index in [4.69, 9.17) is 25.6 Å². The Kier molecular flexibility index (Phi) is 9.83. The quantitative estimate of drug-likeness (QED) is 0.325. The first-order valence-corrected chi connectivity index (χ1v) is 9.85. The first-order valence-electron chi connectivity index (χ1n) is 6.38. The van der Waals surface area contributed by atoms with Gasteiger partial charge in [0, 0.05) is 22.9 Å². The largest absolute Gasteiger partial charge is 0.452 e. The summed E-state index contributed by atoms with van der Waals surface area (Å²) >= 11 is 0.806. The molecule has 0 aromatic rings. The minimum atomic E-state index is -3.47. The summed E-state index contributed by atoms with van der Waals surface area (Å²) < 4.78 is 27.1. The Bertz CT molecular complexity index is 415. The third kappa shape index (κ3) is 13.3. The van der Waals surface area contributed by atoms with Crippen LogP contribution in [-0.4, -0.2) is 86.4 Å². The highest BCUT2D eigenvalue weighted by Gasteiger charge is 2.18. The SMILES string of the molecule is C[N+](C)(CCCS(=O)(=O)Cl)CCOC(=O)SCC(O)CO. The van der Waals surface area contributed by atoms with Gasteiger partial charge in [0.15, 0.2) is 0 Å². The second-order valence-electron chi connectivity index (χ2n) is 5.23. The Morgan fingerprint density at radius 2 is 2.00 bits per heavy atom. The molecule has 21 heavy (non-hydrogen) atoms. The Balaban J connectivity index is 3.85. The molecule has 1 unspecified atom stereocenters. The molecule has 0 aromatic heterocycles. The molecule has 0 spiro atoms. The lowest BCUT2D eigenvalue weighted by Crippen LogP contribution is -2.43. The van der Waals surface area contributed by atoms with Crippen molar-refractivity contribution in [3.8, 4) is 0 Å². The molecular formula is C11H23ClNO6S2+. The van der Waals surface area contributed by atoms with E-state index in [0.717, 1.165) is 11.8 Å². The molecule has 0 aliphatic rings. The van der Waals surface area contributed by atoms with Gasteiger partial charge in [0.25, 0.3) is 0 Å². The van der Waals surface area contributed by atoms with Gasteiger partial charge in [-0.15, -0.1) is 0 Å². The van der Waals surface area contributed by atoms with E-state index in [2.05, 4.69) is 0 Å². The van der Waals surface area contributed by atoms with E-state index in [-0.39, 0.29) is 18.1 Å². The minimum Gasteiger partial charge on any atom is -0.452 e. The number of halogens is 1. The third-order valence-electron chi connectivity index (χ3n) is 2.67. The maximum atomic E-state index is 11.3. The number of hydrogen-bond donors (Lipinski definition) is 2. The fourth-order valence-corrected chi connectivity index (χ4v) is 2.81. The van der Waals surface area contributed by atoms with Gasteiger partial charge in [-0.25, -0.2) is 13.2 Å². The molecule has 10 heteroatoms. The van der Waals surface area contributed by atoms with Crippen LogP contribution in [0.2, 0.25) is 0 Å². The van der Waals surface area contributed by atoms with Crippen molar-refractivity contribution >= 4 is 36.8 Å². The Morgan fingerprint density at radius 1 is 1.38 bits per heavy atom. The van der Waals surface area contributed by atoms with E-state index in [1.54, 1.807) is 0 Å². The van der Waals surface area contributed by atoms with Gasteiger partial charge in [-0.05, 0) is 11.8 Å². The van der Waals surface area contributed by atoms with Crippen LogP contribution in [0.25, 0.3) is 0 Å². The summed E-state index contributed by atoms with van der Waals surface area (Å²) in [6, 6.07) is 0. The average Bonchev–Trinajstić information content (AvgIpc) is 2.33. The lowest BCUT2D eigenvalue weighted by molar-refractivity contribution is -0.890. The molecule has 0 aliphatic heterocycles. The molecule has 0 aliphatic carbocycles. The molecule has 0 radical (unpaired) electrons. The van der Waals surface area contributed by atoms with Gasteiger partial charge in [0.1, 0.15) is 13.2 Å². The number of thioether (sulfide) groups is 1. The number of hydrogen-bond acceptors (Lipinski definition) is 7. The van der Waals surface area contributed by atoms with Crippen LogP contribution in [0, 0.1) is 0 Å². The number of ether oxygens (including phenoxy) is 1. The second-order valence-corrected chi connectivity index (χ2v) is 9.08. The number of aliphatic hydroxyl groups excluding tert-OH is 2. The smallest absolute Gasteiger partial charge is 0.367 e. The van der Waals surface area contributed by atoms with E-state index in [9.17, 15) is 13.2 Å². The number of carbonyl (C=O) groups excluding carboxylic acids is 1. The minimum absolute atomic E-state index is 0.0784. The highest BCUT2D eigenvalue weighted by Crippen LogP contribution is 2.09. The standard InChI is InChI=1S/C11H23ClNO6S2/c1-13(2,4-3-7-21(12,17)18)5-6-19-11(16)20-9-10(15)8-14/h10,14-15H,3-9H2,1-2H3/q+1. The fourth-order valence-electron chi connectivity index (χ4n) is 1.41. The van der Waals surface area contributed by atoms with Crippen molar-refractivity contribution in [1.29, 1.82) is 0 Å². The Morgan fingerprint density at radius 3 is 2.52 bits per heavy atom. The zero-order valence-corrected chi connectivity index (χ0v) is 14.6. The van der Waals surface area contributed by atoms with Crippen LogP contribution < -0.4 is 0 Å². The number of nitrogens with zero attached hydrogens (tertiary/aromatic N) is 1. The zero-order valence-electron chi connectivity index (χ0n) is 12.2. The van der Waals surface area contributed by atoms with Crippen LogP contribution in [0.5, 0.6) is 0 Å². The van der Waals surface area contributed by atoms with Crippen molar-refractivity contribution in [1.82, 2.24) is 0 Å². The fraction of sp³-hybridized carbons (Fsp3) is 0.909. The summed E-state index contributed by atoms with van der Waals surface area (Å²) in [5.41, 5.74) is 0. The van der Waals surface area contributed by atoms with Crippen molar-refractivity contribution in [3.05, 3.63) is 0 Å². The summed E-state index contributed by atoms with van der Waals surface area (Å²) in [6.45, 7) is 0.937. The maximum Gasteiger partial charge on any atom is 0.367 e.